The number of nitro groups is 1. The van der Waals surface area contributed by atoms with Crippen molar-refractivity contribution >= 4 is 29.6 Å². The van der Waals surface area contributed by atoms with E-state index in [0.717, 1.165) is 5.56 Å². The Morgan fingerprint density at radius 3 is 2.23 bits per heavy atom. The van der Waals surface area contributed by atoms with E-state index in [4.69, 9.17) is 9.47 Å². The Balaban J connectivity index is 1.40. The maximum Gasteiger partial charge on any atom is 0.336 e. The van der Waals surface area contributed by atoms with E-state index in [1.807, 2.05) is 30.3 Å². The van der Waals surface area contributed by atoms with E-state index in [2.05, 4.69) is 10.2 Å². The summed E-state index contributed by atoms with van der Waals surface area (Å²) in [5.41, 5.74) is 2.58. The van der Waals surface area contributed by atoms with Gasteiger partial charge in [-0.25, -0.2) is 9.59 Å². The van der Waals surface area contributed by atoms with Gasteiger partial charge >= 0.3 is 11.9 Å². The Bertz CT molecular complexity index is 1460. The molecule has 1 atom stereocenters. The Hall–Kier alpha value is -4.77. The van der Waals surface area contributed by atoms with Crippen LogP contribution in [0, 0.1) is 10.1 Å². The summed E-state index contributed by atoms with van der Waals surface area (Å²) in [5.74, 6) is -2.20. The molecule has 2 aliphatic rings. The highest BCUT2D eigenvalue weighted by Crippen LogP contribution is 2.40. The summed E-state index contributed by atoms with van der Waals surface area (Å²) >= 11 is 0. The number of carbonyl (C=O) groups excluding carboxylic acids is 3. The fourth-order valence-corrected chi connectivity index (χ4v) is 5.27. The SMILES string of the molecule is CCOC(=O)C1=C(C)NC(C)=C(C(=O)OCCN2CCN(C(=O)/C=C/c3ccccc3)CC2)C1c1cccc([N+](=O)[O-])c1. The predicted octanol–water partition coefficient (Wildman–Crippen LogP) is 3.79. The van der Waals surface area contributed by atoms with Crippen molar-refractivity contribution in [3.63, 3.8) is 0 Å². The number of esters is 2. The van der Waals surface area contributed by atoms with Gasteiger partial charge in [0, 0.05) is 62.3 Å². The van der Waals surface area contributed by atoms with E-state index in [9.17, 15) is 24.5 Å². The summed E-state index contributed by atoms with van der Waals surface area (Å²) in [6.45, 7) is 8.16. The van der Waals surface area contributed by atoms with Gasteiger partial charge in [0.15, 0.2) is 0 Å². The number of benzene rings is 2. The zero-order valence-corrected chi connectivity index (χ0v) is 24.6. The lowest BCUT2D eigenvalue weighted by Gasteiger charge is -2.34. The number of non-ortho nitro benzene ring substituents is 1. The van der Waals surface area contributed by atoms with Gasteiger partial charge in [-0.05, 0) is 38.0 Å². The van der Waals surface area contributed by atoms with Gasteiger partial charge in [-0.15, -0.1) is 0 Å². The Morgan fingerprint density at radius 1 is 0.953 bits per heavy atom. The number of amides is 1. The first-order chi connectivity index (χ1) is 20.7. The molecule has 1 N–H and O–H groups in total. The van der Waals surface area contributed by atoms with Crippen molar-refractivity contribution in [2.45, 2.75) is 26.7 Å². The zero-order chi connectivity index (χ0) is 30.9. The maximum atomic E-state index is 13.5. The average molecular weight is 589 g/mol. The fraction of sp³-hybridized carbons (Fsp3) is 0.344. The van der Waals surface area contributed by atoms with Crippen LogP contribution in [-0.4, -0.2) is 78.5 Å². The van der Waals surface area contributed by atoms with Crippen LogP contribution in [0.2, 0.25) is 0 Å². The number of hydrogen-bond acceptors (Lipinski definition) is 9. The number of allylic oxidation sites excluding steroid dienone is 2. The number of dihydropyridines is 1. The van der Waals surface area contributed by atoms with Crippen molar-refractivity contribution in [2.75, 3.05) is 45.9 Å². The molecule has 11 heteroatoms. The summed E-state index contributed by atoms with van der Waals surface area (Å²) < 4.78 is 11.0. The van der Waals surface area contributed by atoms with Gasteiger partial charge in [0.2, 0.25) is 5.91 Å². The van der Waals surface area contributed by atoms with E-state index in [-0.39, 0.29) is 36.0 Å². The van der Waals surface area contributed by atoms with Crippen LogP contribution in [0.3, 0.4) is 0 Å². The molecule has 0 radical (unpaired) electrons. The van der Waals surface area contributed by atoms with Crippen molar-refractivity contribution in [3.05, 3.63) is 104 Å². The minimum Gasteiger partial charge on any atom is -0.463 e. The number of rotatable bonds is 10. The Labute approximate surface area is 250 Å². The van der Waals surface area contributed by atoms with Gasteiger partial charge in [-0.2, -0.15) is 0 Å². The standard InChI is InChI=1S/C32H36N4O7/c1-4-42-31(38)28-22(2)33-23(3)29(30(28)25-11-8-12-26(21-25)36(40)41)32(39)43-20-19-34-15-17-35(18-16-34)27(37)14-13-24-9-6-5-7-10-24/h5-14,21,30,33H,4,15-20H2,1-3H3/b14-13+. The summed E-state index contributed by atoms with van der Waals surface area (Å²) in [6.07, 6.45) is 3.38. The first kappa shape index (κ1) is 31.2. The normalized spacial score (nSPS) is 17.6. The number of carbonyl (C=O) groups is 3. The van der Waals surface area contributed by atoms with E-state index >= 15 is 0 Å². The van der Waals surface area contributed by atoms with Crippen LogP contribution in [0.25, 0.3) is 6.08 Å². The van der Waals surface area contributed by atoms with Gasteiger partial charge in [-0.3, -0.25) is 19.8 Å². The fourth-order valence-electron chi connectivity index (χ4n) is 5.27. The lowest BCUT2D eigenvalue weighted by Crippen LogP contribution is -2.49. The molecule has 0 aromatic heterocycles. The molecule has 0 spiro atoms. The molecule has 2 heterocycles. The second-order valence-electron chi connectivity index (χ2n) is 10.3. The summed E-state index contributed by atoms with van der Waals surface area (Å²) in [4.78, 5) is 54.0. The van der Waals surface area contributed by atoms with Gasteiger partial charge in [0.1, 0.15) is 6.61 Å². The van der Waals surface area contributed by atoms with E-state index in [1.165, 1.54) is 18.2 Å². The Morgan fingerprint density at radius 2 is 1.60 bits per heavy atom. The molecule has 1 saturated heterocycles. The summed E-state index contributed by atoms with van der Waals surface area (Å²) in [5, 5.41) is 14.6. The molecule has 0 bridgehead atoms. The quantitative estimate of drug-likeness (QED) is 0.191. The molecular formula is C32H36N4O7. The molecule has 226 valence electrons. The third-order valence-corrected chi connectivity index (χ3v) is 7.43. The molecule has 0 saturated carbocycles. The topological polar surface area (TPSA) is 131 Å². The van der Waals surface area contributed by atoms with Crippen molar-refractivity contribution in [1.29, 1.82) is 0 Å². The molecule has 1 fully saturated rings. The minimum atomic E-state index is -0.911. The molecule has 1 unspecified atom stereocenters. The van der Waals surface area contributed by atoms with Crippen LogP contribution in [0.5, 0.6) is 0 Å². The average Bonchev–Trinajstić information content (AvgIpc) is 3.00. The number of nitro benzene ring substituents is 1. The van der Waals surface area contributed by atoms with Crippen molar-refractivity contribution in [1.82, 2.24) is 15.1 Å². The van der Waals surface area contributed by atoms with Crippen LogP contribution in [0.1, 0.15) is 37.8 Å². The molecule has 2 aromatic carbocycles. The third-order valence-electron chi connectivity index (χ3n) is 7.43. The van der Waals surface area contributed by atoms with E-state index < -0.39 is 22.8 Å². The van der Waals surface area contributed by atoms with Crippen LogP contribution in [0.15, 0.2) is 83.2 Å². The van der Waals surface area contributed by atoms with Gasteiger partial charge in [-0.1, -0.05) is 42.5 Å². The van der Waals surface area contributed by atoms with Crippen LogP contribution < -0.4 is 5.32 Å². The van der Waals surface area contributed by atoms with Gasteiger partial charge < -0.3 is 19.7 Å². The molecule has 1 amide bonds. The monoisotopic (exact) mass is 588 g/mol. The number of nitrogens with zero attached hydrogens (tertiary/aromatic N) is 3. The van der Waals surface area contributed by atoms with Crippen molar-refractivity contribution in [3.8, 4) is 0 Å². The largest absolute Gasteiger partial charge is 0.463 e. The lowest BCUT2D eigenvalue weighted by atomic mass is 9.80. The molecule has 2 aromatic rings. The first-order valence-corrected chi connectivity index (χ1v) is 14.2. The summed E-state index contributed by atoms with van der Waals surface area (Å²) in [7, 11) is 0. The molecule has 0 aliphatic carbocycles. The van der Waals surface area contributed by atoms with Crippen LogP contribution in [-0.2, 0) is 23.9 Å². The highest BCUT2D eigenvalue weighted by Gasteiger charge is 2.38. The summed E-state index contributed by atoms with van der Waals surface area (Å²) in [6, 6.07) is 15.5. The second kappa shape index (κ2) is 14.4. The smallest absolute Gasteiger partial charge is 0.336 e. The second-order valence-corrected chi connectivity index (χ2v) is 10.3. The molecule has 2 aliphatic heterocycles. The predicted molar refractivity (Wildman–Crippen MR) is 160 cm³/mol. The highest BCUT2D eigenvalue weighted by molar-refractivity contribution is 6.00. The lowest BCUT2D eigenvalue weighted by molar-refractivity contribution is -0.384. The Kier molecular flexibility index (Phi) is 10.4. The molecular weight excluding hydrogens is 552 g/mol. The highest BCUT2D eigenvalue weighted by atomic mass is 16.6. The van der Waals surface area contributed by atoms with Crippen LogP contribution in [0.4, 0.5) is 5.69 Å². The number of piperazine rings is 1. The van der Waals surface area contributed by atoms with Crippen LogP contribution >= 0.6 is 0 Å². The molecule has 4 rings (SSSR count). The van der Waals surface area contributed by atoms with E-state index in [1.54, 1.807) is 43.9 Å². The number of hydrogen-bond donors (Lipinski definition) is 1. The number of nitrogens with one attached hydrogen (secondary N) is 1. The molecule has 43 heavy (non-hydrogen) atoms. The first-order valence-electron chi connectivity index (χ1n) is 14.2. The minimum absolute atomic E-state index is 0.0462. The van der Waals surface area contributed by atoms with Crippen molar-refractivity contribution < 1.29 is 28.8 Å². The molecule has 11 nitrogen and oxygen atoms in total. The van der Waals surface area contributed by atoms with Gasteiger partial charge in [0.05, 0.1) is 28.6 Å². The van der Waals surface area contributed by atoms with E-state index in [0.29, 0.717) is 49.7 Å². The van der Waals surface area contributed by atoms with Crippen molar-refractivity contribution in [2.24, 2.45) is 0 Å². The third kappa shape index (κ3) is 7.75. The van der Waals surface area contributed by atoms with Gasteiger partial charge in [0.25, 0.3) is 5.69 Å². The zero-order valence-electron chi connectivity index (χ0n) is 24.6. The number of ether oxygens (including phenoxy) is 2. The maximum absolute atomic E-state index is 13.5.